The quantitative estimate of drug-likeness (QED) is 0.757. The molecule has 0 aliphatic rings. The average Bonchev–Trinajstić information content (AvgIpc) is 2.80. The molecule has 20 heavy (non-hydrogen) atoms. The zero-order valence-corrected chi connectivity index (χ0v) is 11.2. The summed E-state index contributed by atoms with van der Waals surface area (Å²) in [7, 11) is 0. The average molecular weight is 265 g/mol. The number of nitrogens with one attached hydrogen (secondary N) is 1. The van der Waals surface area contributed by atoms with Gasteiger partial charge in [0.1, 0.15) is 0 Å². The van der Waals surface area contributed by atoms with Crippen LogP contribution in [0.1, 0.15) is 11.1 Å². The Morgan fingerprint density at radius 2 is 1.80 bits per heavy atom. The van der Waals surface area contributed by atoms with Crippen LogP contribution < -0.4 is 0 Å². The number of aromatic nitrogens is 1. The molecule has 0 aliphatic carbocycles. The molecule has 0 unspecified atom stereocenters. The number of aryl methyl sites for hydroxylation is 1. The maximum atomic E-state index is 10.7. The van der Waals surface area contributed by atoms with E-state index in [0.29, 0.717) is 0 Å². The second kappa shape index (κ2) is 4.85. The number of hydrogen-bond acceptors (Lipinski definition) is 1. The monoisotopic (exact) mass is 265 g/mol. The van der Waals surface area contributed by atoms with Crippen LogP contribution in [0.5, 0.6) is 0 Å². The summed E-state index contributed by atoms with van der Waals surface area (Å²) in [6.07, 6.45) is 2.07. The van der Waals surface area contributed by atoms with Gasteiger partial charge in [0.2, 0.25) is 0 Å². The lowest BCUT2D eigenvalue weighted by Crippen LogP contribution is -1.99. The molecule has 3 aromatic rings. The van der Waals surface area contributed by atoms with Crippen LogP contribution in [0.2, 0.25) is 0 Å². The Bertz CT molecular complexity index is 769. The van der Waals surface area contributed by atoms with Crippen molar-refractivity contribution in [3.05, 3.63) is 59.8 Å². The van der Waals surface area contributed by atoms with Crippen molar-refractivity contribution in [2.45, 2.75) is 13.3 Å². The van der Waals surface area contributed by atoms with Crippen molar-refractivity contribution in [1.29, 1.82) is 0 Å². The summed E-state index contributed by atoms with van der Waals surface area (Å²) in [4.78, 5) is 13.9. The fourth-order valence-electron chi connectivity index (χ4n) is 2.43. The second-order valence-electron chi connectivity index (χ2n) is 5.00. The van der Waals surface area contributed by atoms with Crippen LogP contribution in [-0.4, -0.2) is 16.1 Å². The van der Waals surface area contributed by atoms with Gasteiger partial charge in [0.05, 0.1) is 6.42 Å². The molecule has 0 atom stereocenters. The molecule has 1 aromatic heterocycles. The summed E-state index contributed by atoms with van der Waals surface area (Å²) in [5.74, 6) is -0.804. The number of fused-ring (bicyclic) bond motifs is 1. The molecule has 0 radical (unpaired) electrons. The van der Waals surface area contributed by atoms with Crippen molar-refractivity contribution >= 4 is 16.9 Å². The summed E-state index contributed by atoms with van der Waals surface area (Å²) < 4.78 is 0. The minimum Gasteiger partial charge on any atom is -0.481 e. The van der Waals surface area contributed by atoms with Gasteiger partial charge in [0.15, 0.2) is 0 Å². The SMILES string of the molecule is Cc1c[nH]c2ccc(-c3ccc(CC(=O)O)cc3)cc12. The van der Waals surface area contributed by atoms with E-state index < -0.39 is 5.97 Å². The van der Waals surface area contributed by atoms with E-state index in [9.17, 15) is 4.79 Å². The van der Waals surface area contributed by atoms with Crippen LogP contribution in [-0.2, 0) is 11.2 Å². The third-order valence-corrected chi connectivity index (χ3v) is 3.53. The summed E-state index contributed by atoms with van der Waals surface area (Å²) >= 11 is 0. The van der Waals surface area contributed by atoms with Gasteiger partial charge in [0.25, 0.3) is 0 Å². The van der Waals surface area contributed by atoms with Gasteiger partial charge in [-0.25, -0.2) is 0 Å². The molecular formula is C17H15NO2. The first-order valence-corrected chi connectivity index (χ1v) is 6.52. The molecular weight excluding hydrogens is 250 g/mol. The number of carbonyl (C=O) groups is 1. The van der Waals surface area contributed by atoms with Crippen molar-refractivity contribution < 1.29 is 9.90 Å². The molecule has 2 aromatic carbocycles. The topological polar surface area (TPSA) is 53.1 Å². The zero-order chi connectivity index (χ0) is 14.1. The number of aromatic amines is 1. The molecule has 0 saturated carbocycles. The molecule has 0 aliphatic heterocycles. The van der Waals surface area contributed by atoms with Gasteiger partial charge in [0, 0.05) is 17.1 Å². The third kappa shape index (κ3) is 2.30. The lowest BCUT2D eigenvalue weighted by Gasteiger charge is -2.04. The summed E-state index contributed by atoms with van der Waals surface area (Å²) in [5, 5.41) is 9.99. The first-order chi connectivity index (χ1) is 9.63. The Morgan fingerprint density at radius 3 is 2.50 bits per heavy atom. The number of hydrogen-bond donors (Lipinski definition) is 2. The highest BCUT2D eigenvalue weighted by molar-refractivity contribution is 5.87. The normalized spacial score (nSPS) is 10.8. The van der Waals surface area contributed by atoms with Crippen molar-refractivity contribution in [3.63, 3.8) is 0 Å². The third-order valence-electron chi connectivity index (χ3n) is 3.53. The molecule has 0 saturated heterocycles. The van der Waals surface area contributed by atoms with E-state index in [0.717, 1.165) is 22.2 Å². The predicted octanol–water partition coefficient (Wildman–Crippen LogP) is 3.77. The predicted molar refractivity (Wildman–Crippen MR) is 79.8 cm³/mol. The first-order valence-electron chi connectivity index (χ1n) is 6.52. The molecule has 0 fully saturated rings. The van der Waals surface area contributed by atoms with Crippen LogP contribution >= 0.6 is 0 Å². The minimum atomic E-state index is -0.804. The lowest BCUT2D eigenvalue weighted by molar-refractivity contribution is -0.136. The molecule has 0 bridgehead atoms. The molecule has 3 rings (SSSR count). The van der Waals surface area contributed by atoms with Crippen molar-refractivity contribution in [1.82, 2.24) is 4.98 Å². The molecule has 2 N–H and O–H groups in total. The summed E-state index contributed by atoms with van der Waals surface area (Å²) in [6.45, 7) is 2.08. The van der Waals surface area contributed by atoms with E-state index >= 15 is 0 Å². The number of benzene rings is 2. The van der Waals surface area contributed by atoms with Crippen LogP contribution in [0.4, 0.5) is 0 Å². The Balaban J connectivity index is 1.97. The molecule has 3 nitrogen and oxygen atoms in total. The van der Waals surface area contributed by atoms with Crippen LogP contribution in [0, 0.1) is 6.92 Å². The zero-order valence-electron chi connectivity index (χ0n) is 11.2. The Labute approximate surface area is 116 Å². The maximum absolute atomic E-state index is 10.7. The van der Waals surface area contributed by atoms with Gasteiger partial charge in [-0.3, -0.25) is 4.79 Å². The van der Waals surface area contributed by atoms with Gasteiger partial charge in [-0.1, -0.05) is 30.3 Å². The molecule has 0 spiro atoms. The van der Waals surface area contributed by atoms with E-state index in [2.05, 4.69) is 30.1 Å². The van der Waals surface area contributed by atoms with Gasteiger partial charge in [-0.2, -0.15) is 0 Å². The molecule has 3 heteroatoms. The fraction of sp³-hybridized carbons (Fsp3) is 0.118. The van der Waals surface area contributed by atoms with E-state index in [1.165, 1.54) is 10.9 Å². The fourth-order valence-corrected chi connectivity index (χ4v) is 2.43. The van der Waals surface area contributed by atoms with Crippen LogP contribution in [0.3, 0.4) is 0 Å². The van der Waals surface area contributed by atoms with Gasteiger partial charge in [-0.05, 0) is 41.3 Å². The van der Waals surface area contributed by atoms with Crippen molar-refractivity contribution in [2.24, 2.45) is 0 Å². The Morgan fingerprint density at radius 1 is 1.10 bits per heavy atom. The van der Waals surface area contributed by atoms with E-state index in [4.69, 9.17) is 5.11 Å². The number of carboxylic acid groups (broad SMARTS) is 1. The number of carboxylic acids is 1. The van der Waals surface area contributed by atoms with Crippen molar-refractivity contribution in [3.8, 4) is 11.1 Å². The van der Waals surface area contributed by atoms with Gasteiger partial charge >= 0.3 is 5.97 Å². The van der Waals surface area contributed by atoms with E-state index in [-0.39, 0.29) is 6.42 Å². The van der Waals surface area contributed by atoms with Crippen LogP contribution in [0.15, 0.2) is 48.7 Å². The summed E-state index contributed by atoms with van der Waals surface area (Å²) in [5.41, 5.74) is 5.42. The lowest BCUT2D eigenvalue weighted by atomic mass is 10.0. The molecule has 0 amide bonds. The highest BCUT2D eigenvalue weighted by Gasteiger charge is 2.04. The van der Waals surface area contributed by atoms with Gasteiger partial charge < -0.3 is 10.1 Å². The highest BCUT2D eigenvalue weighted by atomic mass is 16.4. The first kappa shape index (κ1) is 12.5. The van der Waals surface area contributed by atoms with Crippen molar-refractivity contribution in [2.75, 3.05) is 0 Å². The number of rotatable bonds is 3. The Hall–Kier alpha value is -2.55. The highest BCUT2D eigenvalue weighted by Crippen LogP contribution is 2.26. The second-order valence-corrected chi connectivity index (χ2v) is 5.00. The molecule has 1 heterocycles. The maximum Gasteiger partial charge on any atom is 0.307 e. The standard InChI is InChI=1S/C17H15NO2/c1-11-10-18-16-7-6-14(9-15(11)16)13-4-2-12(3-5-13)8-17(19)20/h2-7,9-10,18H,8H2,1H3,(H,19,20). The minimum absolute atomic E-state index is 0.0657. The smallest absolute Gasteiger partial charge is 0.307 e. The summed E-state index contributed by atoms with van der Waals surface area (Å²) in [6, 6.07) is 14.0. The van der Waals surface area contributed by atoms with Gasteiger partial charge in [-0.15, -0.1) is 0 Å². The number of aliphatic carboxylic acids is 1. The largest absolute Gasteiger partial charge is 0.481 e. The Kier molecular flexibility index (Phi) is 3.03. The number of H-pyrrole nitrogens is 1. The van der Waals surface area contributed by atoms with E-state index in [1.807, 2.05) is 30.5 Å². The van der Waals surface area contributed by atoms with Crippen LogP contribution in [0.25, 0.3) is 22.0 Å². The molecule has 100 valence electrons. The van der Waals surface area contributed by atoms with E-state index in [1.54, 1.807) is 0 Å².